The molecule has 0 aliphatic heterocycles. The molecule has 2 N–H and O–H groups in total. The molecule has 0 aromatic heterocycles. The molecule has 0 spiro atoms. The molecule has 0 unspecified atom stereocenters. The van der Waals surface area contributed by atoms with Gasteiger partial charge in [0.2, 0.25) is 5.91 Å². The van der Waals surface area contributed by atoms with E-state index in [4.69, 9.17) is 12.2 Å². The Labute approximate surface area is 149 Å². The minimum atomic E-state index is -0.110. The third-order valence-electron chi connectivity index (χ3n) is 3.75. The second kappa shape index (κ2) is 13.8. The Bertz CT molecular complexity index is 324. The highest BCUT2D eigenvalue weighted by Crippen LogP contribution is 2.11. The van der Waals surface area contributed by atoms with E-state index < -0.39 is 0 Å². The van der Waals surface area contributed by atoms with Gasteiger partial charge in [0.05, 0.1) is 0 Å². The number of hydrogen-bond acceptors (Lipinski definition) is 2. The predicted octanol–water partition coefficient (Wildman–Crippen LogP) is 5.48. The lowest BCUT2D eigenvalue weighted by Crippen LogP contribution is -2.48. The first-order valence-electron chi connectivity index (χ1n) is 9.47. The Balaban J connectivity index is 3.37. The van der Waals surface area contributed by atoms with Crippen LogP contribution in [0.4, 0.5) is 0 Å². The molecule has 0 rings (SSSR count). The zero-order valence-electron chi connectivity index (χ0n) is 15.8. The van der Waals surface area contributed by atoms with Crippen molar-refractivity contribution in [3.63, 3.8) is 0 Å². The fraction of sp³-hybridized carbons (Fsp3) is 0.895. The topological polar surface area (TPSA) is 41.1 Å². The van der Waals surface area contributed by atoms with Crippen molar-refractivity contribution >= 4 is 23.2 Å². The lowest BCUT2D eigenvalue weighted by atomic mass is 10.1. The van der Waals surface area contributed by atoms with Crippen molar-refractivity contribution in [3.05, 3.63) is 0 Å². The molecule has 0 saturated carbocycles. The molecule has 0 fully saturated rings. The van der Waals surface area contributed by atoms with Crippen molar-refractivity contribution in [2.75, 3.05) is 0 Å². The summed E-state index contributed by atoms with van der Waals surface area (Å²) >= 11 is 5.12. The summed E-state index contributed by atoms with van der Waals surface area (Å²) in [7, 11) is 0. The van der Waals surface area contributed by atoms with Crippen LogP contribution in [0.1, 0.15) is 105 Å². The number of nitrogens with one attached hydrogen (secondary N) is 2. The van der Waals surface area contributed by atoms with E-state index in [1.54, 1.807) is 0 Å². The first kappa shape index (κ1) is 22.4. The Morgan fingerprint density at radius 3 is 1.70 bits per heavy atom. The van der Waals surface area contributed by atoms with E-state index in [1.165, 1.54) is 57.8 Å². The maximum absolute atomic E-state index is 11.8. The highest BCUT2D eigenvalue weighted by Gasteiger charge is 2.12. The molecule has 0 bridgehead atoms. The zero-order chi connectivity index (χ0) is 17.6. The van der Waals surface area contributed by atoms with Crippen LogP contribution in [0.25, 0.3) is 0 Å². The van der Waals surface area contributed by atoms with Crippen LogP contribution >= 0.6 is 12.2 Å². The van der Waals surface area contributed by atoms with Crippen molar-refractivity contribution in [1.82, 2.24) is 10.6 Å². The van der Waals surface area contributed by atoms with Gasteiger partial charge in [0.15, 0.2) is 5.11 Å². The van der Waals surface area contributed by atoms with Crippen molar-refractivity contribution in [3.8, 4) is 0 Å². The van der Waals surface area contributed by atoms with Gasteiger partial charge in [-0.05, 0) is 39.4 Å². The maximum atomic E-state index is 11.8. The molecule has 3 nitrogen and oxygen atoms in total. The molecular formula is C19H38N2OS. The SMILES string of the molecule is CCCCCCCCCCCCCC(=O)NC(=S)NC(C)(C)C. The van der Waals surface area contributed by atoms with Crippen molar-refractivity contribution in [2.45, 2.75) is 110 Å². The first-order chi connectivity index (χ1) is 10.8. The van der Waals surface area contributed by atoms with E-state index in [1.807, 2.05) is 20.8 Å². The summed E-state index contributed by atoms with van der Waals surface area (Å²) in [5.74, 6) is 0.0303. The maximum Gasteiger partial charge on any atom is 0.226 e. The Morgan fingerprint density at radius 1 is 0.826 bits per heavy atom. The van der Waals surface area contributed by atoms with E-state index in [2.05, 4.69) is 17.6 Å². The van der Waals surface area contributed by atoms with E-state index in [0.717, 1.165) is 12.8 Å². The minimum Gasteiger partial charge on any atom is -0.358 e. The summed E-state index contributed by atoms with van der Waals surface area (Å²) in [6.45, 7) is 8.33. The van der Waals surface area contributed by atoms with Gasteiger partial charge in [-0.3, -0.25) is 4.79 Å². The molecule has 0 heterocycles. The normalized spacial score (nSPS) is 11.3. The monoisotopic (exact) mass is 342 g/mol. The lowest BCUT2D eigenvalue weighted by molar-refractivity contribution is -0.119. The van der Waals surface area contributed by atoms with Gasteiger partial charge in [0.25, 0.3) is 0 Å². The molecular weight excluding hydrogens is 304 g/mol. The smallest absolute Gasteiger partial charge is 0.226 e. The van der Waals surface area contributed by atoms with Gasteiger partial charge in [0, 0.05) is 12.0 Å². The molecule has 0 atom stereocenters. The van der Waals surface area contributed by atoms with Crippen LogP contribution < -0.4 is 10.6 Å². The Morgan fingerprint density at radius 2 is 1.26 bits per heavy atom. The van der Waals surface area contributed by atoms with Gasteiger partial charge in [-0.25, -0.2) is 0 Å². The van der Waals surface area contributed by atoms with Crippen LogP contribution in [-0.4, -0.2) is 16.6 Å². The molecule has 0 aromatic carbocycles. The number of hydrogen-bond donors (Lipinski definition) is 2. The highest BCUT2D eigenvalue weighted by molar-refractivity contribution is 7.80. The number of carbonyl (C=O) groups excluding carboxylic acids is 1. The quantitative estimate of drug-likeness (QED) is 0.364. The summed E-state index contributed by atoms with van der Waals surface area (Å²) in [4.78, 5) is 11.8. The summed E-state index contributed by atoms with van der Waals surface area (Å²) < 4.78 is 0. The molecule has 136 valence electrons. The van der Waals surface area contributed by atoms with Gasteiger partial charge >= 0.3 is 0 Å². The Hall–Kier alpha value is -0.640. The molecule has 0 aromatic rings. The summed E-state index contributed by atoms with van der Waals surface area (Å²) in [5.41, 5.74) is -0.110. The largest absolute Gasteiger partial charge is 0.358 e. The molecule has 0 saturated heterocycles. The van der Waals surface area contributed by atoms with Crippen molar-refractivity contribution in [1.29, 1.82) is 0 Å². The van der Waals surface area contributed by atoms with Crippen LogP contribution in [0.5, 0.6) is 0 Å². The molecule has 0 radical (unpaired) electrons. The summed E-state index contributed by atoms with van der Waals surface area (Å²) in [5, 5.41) is 6.28. The van der Waals surface area contributed by atoms with Crippen LogP contribution in [0.2, 0.25) is 0 Å². The van der Waals surface area contributed by atoms with Gasteiger partial charge in [-0.1, -0.05) is 71.1 Å². The second-order valence-electron chi connectivity index (χ2n) is 7.54. The van der Waals surface area contributed by atoms with Gasteiger partial charge in [-0.2, -0.15) is 0 Å². The number of amides is 1. The van der Waals surface area contributed by atoms with Crippen LogP contribution in [0.3, 0.4) is 0 Å². The second-order valence-corrected chi connectivity index (χ2v) is 7.95. The molecule has 1 amide bonds. The average molecular weight is 343 g/mol. The number of rotatable bonds is 12. The highest BCUT2D eigenvalue weighted by atomic mass is 32.1. The van der Waals surface area contributed by atoms with E-state index >= 15 is 0 Å². The minimum absolute atomic E-state index is 0.0303. The van der Waals surface area contributed by atoms with E-state index in [9.17, 15) is 4.79 Å². The summed E-state index contributed by atoms with van der Waals surface area (Å²) in [6.07, 6.45) is 14.8. The number of carbonyl (C=O) groups is 1. The van der Waals surface area contributed by atoms with Gasteiger partial charge in [-0.15, -0.1) is 0 Å². The lowest BCUT2D eigenvalue weighted by Gasteiger charge is -2.22. The standard InChI is InChI=1S/C19H38N2OS/c1-5-6-7-8-9-10-11-12-13-14-15-16-17(22)20-18(23)21-19(2,3)4/h5-16H2,1-4H3,(H2,20,21,22,23). The number of unbranched alkanes of at least 4 members (excludes halogenated alkanes) is 10. The predicted molar refractivity (Wildman–Crippen MR) is 105 cm³/mol. The van der Waals surface area contributed by atoms with Crippen LogP contribution in [0.15, 0.2) is 0 Å². The fourth-order valence-corrected chi connectivity index (χ4v) is 2.93. The van der Waals surface area contributed by atoms with Crippen molar-refractivity contribution < 1.29 is 4.79 Å². The molecule has 4 heteroatoms. The van der Waals surface area contributed by atoms with Gasteiger partial charge in [0.1, 0.15) is 0 Å². The van der Waals surface area contributed by atoms with E-state index in [-0.39, 0.29) is 11.4 Å². The third-order valence-corrected chi connectivity index (χ3v) is 3.95. The van der Waals surface area contributed by atoms with Crippen LogP contribution in [0, 0.1) is 0 Å². The van der Waals surface area contributed by atoms with Crippen molar-refractivity contribution in [2.24, 2.45) is 0 Å². The zero-order valence-corrected chi connectivity index (χ0v) is 16.6. The Kier molecular flexibility index (Phi) is 13.4. The summed E-state index contributed by atoms with van der Waals surface area (Å²) in [6, 6.07) is 0. The molecule has 23 heavy (non-hydrogen) atoms. The fourth-order valence-electron chi connectivity index (χ4n) is 2.51. The van der Waals surface area contributed by atoms with Gasteiger partial charge < -0.3 is 10.6 Å². The van der Waals surface area contributed by atoms with Crippen LogP contribution in [-0.2, 0) is 4.79 Å². The molecule has 0 aliphatic rings. The first-order valence-corrected chi connectivity index (χ1v) is 9.88. The average Bonchev–Trinajstić information content (AvgIpc) is 2.42. The number of thiocarbonyl (C=S) groups is 1. The third kappa shape index (κ3) is 17.5. The van der Waals surface area contributed by atoms with E-state index in [0.29, 0.717) is 11.5 Å². The molecule has 0 aliphatic carbocycles.